The zero-order chi connectivity index (χ0) is 17.0. The summed E-state index contributed by atoms with van der Waals surface area (Å²) >= 11 is 0. The first-order valence-electron chi connectivity index (χ1n) is 7.89. The van der Waals surface area contributed by atoms with Gasteiger partial charge in [0.05, 0.1) is 12.1 Å². The fraction of sp³-hybridized carbons (Fsp3) is 0.389. The van der Waals surface area contributed by atoms with E-state index < -0.39 is 0 Å². The molecule has 1 saturated heterocycles. The Kier molecular flexibility index (Phi) is 4.63. The van der Waals surface area contributed by atoms with Crippen LogP contribution in [0.2, 0.25) is 0 Å². The highest BCUT2D eigenvalue weighted by Crippen LogP contribution is 2.24. The second kappa shape index (κ2) is 6.85. The summed E-state index contributed by atoms with van der Waals surface area (Å²) in [5, 5.41) is 9.02. The SMILES string of the molecule is CC1(C)CN(c2nccc(C#N)n2)C[C@@H](COc2ccccc2)O1. The van der Waals surface area contributed by atoms with E-state index in [1.165, 1.54) is 0 Å². The molecule has 1 aliphatic rings. The van der Waals surface area contributed by atoms with Gasteiger partial charge in [-0.2, -0.15) is 5.26 Å². The lowest BCUT2D eigenvalue weighted by Crippen LogP contribution is -2.55. The summed E-state index contributed by atoms with van der Waals surface area (Å²) in [7, 11) is 0. The fourth-order valence-electron chi connectivity index (χ4n) is 2.80. The molecule has 1 aromatic carbocycles. The second-order valence-corrected chi connectivity index (χ2v) is 6.36. The van der Waals surface area contributed by atoms with Crippen molar-refractivity contribution in [2.24, 2.45) is 0 Å². The van der Waals surface area contributed by atoms with E-state index in [0.717, 1.165) is 5.75 Å². The molecule has 0 unspecified atom stereocenters. The molecule has 24 heavy (non-hydrogen) atoms. The van der Waals surface area contributed by atoms with Crippen molar-refractivity contribution in [3.05, 3.63) is 48.3 Å². The summed E-state index contributed by atoms with van der Waals surface area (Å²) in [4.78, 5) is 10.6. The van der Waals surface area contributed by atoms with Gasteiger partial charge < -0.3 is 14.4 Å². The van der Waals surface area contributed by atoms with Gasteiger partial charge in [-0.25, -0.2) is 9.97 Å². The molecular weight excluding hydrogens is 304 g/mol. The summed E-state index contributed by atoms with van der Waals surface area (Å²) in [5.74, 6) is 1.37. The van der Waals surface area contributed by atoms with E-state index >= 15 is 0 Å². The minimum absolute atomic E-state index is 0.108. The Morgan fingerprint density at radius 2 is 2.12 bits per heavy atom. The van der Waals surface area contributed by atoms with Crippen molar-refractivity contribution in [2.45, 2.75) is 25.6 Å². The van der Waals surface area contributed by atoms with E-state index in [4.69, 9.17) is 14.7 Å². The van der Waals surface area contributed by atoms with Crippen LogP contribution in [0.5, 0.6) is 5.75 Å². The van der Waals surface area contributed by atoms with Crippen LogP contribution in [0.25, 0.3) is 0 Å². The number of rotatable bonds is 4. The molecule has 0 aliphatic carbocycles. The van der Waals surface area contributed by atoms with E-state index in [1.807, 2.05) is 49.1 Å². The number of anilines is 1. The average molecular weight is 324 g/mol. The fourth-order valence-corrected chi connectivity index (χ4v) is 2.80. The normalized spacial score (nSPS) is 19.5. The molecule has 0 saturated carbocycles. The van der Waals surface area contributed by atoms with E-state index in [-0.39, 0.29) is 11.7 Å². The molecule has 1 fully saturated rings. The highest BCUT2D eigenvalue weighted by molar-refractivity contribution is 5.35. The largest absolute Gasteiger partial charge is 0.491 e. The number of hydrogen-bond donors (Lipinski definition) is 0. The van der Waals surface area contributed by atoms with Crippen LogP contribution >= 0.6 is 0 Å². The van der Waals surface area contributed by atoms with Crippen LogP contribution < -0.4 is 9.64 Å². The van der Waals surface area contributed by atoms with Crippen molar-refractivity contribution >= 4 is 5.95 Å². The number of benzene rings is 1. The molecule has 0 spiro atoms. The van der Waals surface area contributed by atoms with E-state index in [9.17, 15) is 0 Å². The predicted molar refractivity (Wildman–Crippen MR) is 89.8 cm³/mol. The zero-order valence-corrected chi connectivity index (χ0v) is 13.8. The minimum atomic E-state index is -0.352. The quantitative estimate of drug-likeness (QED) is 0.860. The van der Waals surface area contributed by atoms with E-state index in [0.29, 0.717) is 31.3 Å². The van der Waals surface area contributed by atoms with Gasteiger partial charge in [0, 0.05) is 12.7 Å². The Morgan fingerprint density at radius 3 is 2.88 bits per heavy atom. The molecule has 0 bridgehead atoms. The van der Waals surface area contributed by atoms with Crippen molar-refractivity contribution < 1.29 is 9.47 Å². The average Bonchev–Trinajstić information content (AvgIpc) is 2.59. The minimum Gasteiger partial charge on any atom is -0.491 e. The van der Waals surface area contributed by atoms with Gasteiger partial charge in [-0.3, -0.25) is 0 Å². The Labute approximate surface area is 141 Å². The van der Waals surface area contributed by atoms with E-state index in [2.05, 4.69) is 16.0 Å². The van der Waals surface area contributed by atoms with Crippen molar-refractivity contribution in [1.29, 1.82) is 5.26 Å². The van der Waals surface area contributed by atoms with Gasteiger partial charge in [0.2, 0.25) is 5.95 Å². The van der Waals surface area contributed by atoms with Gasteiger partial charge in [0.25, 0.3) is 0 Å². The van der Waals surface area contributed by atoms with Crippen molar-refractivity contribution in [2.75, 3.05) is 24.6 Å². The number of hydrogen-bond acceptors (Lipinski definition) is 6. The summed E-state index contributed by atoms with van der Waals surface area (Å²) in [5.41, 5.74) is 0.0102. The third-order valence-corrected chi connectivity index (χ3v) is 3.70. The summed E-state index contributed by atoms with van der Waals surface area (Å²) < 4.78 is 11.9. The van der Waals surface area contributed by atoms with Crippen LogP contribution in [0.15, 0.2) is 42.6 Å². The molecule has 2 aromatic rings. The maximum absolute atomic E-state index is 9.02. The van der Waals surface area contributed by atoms with Crippen LogP contribution in [0, 0.1) is 11.3 Å². The molecule has 0 N–H and O–H groups in total. The smallest absolute Gasteiger partial charge is 0.226 e. The lowest BCUT2D eigenvalue weighted by atomic mass is 10.1. The van der Waals surface area contributed by atoms with Crippen LogP contribution in [0.1, 0.15) is 19.5 Å². The first kappa shape index (κ1) is 16.2. The zero-order valence-electron chi connectivity index (χ0n) is 13.8. The number of ether oxygens (including phenoxy) is 2. The molecule has 3 rings (SSSR count). The third kappa shape index (κ3) is 4.00. The number of morpholine rings is 1. The number of aromatic nitrogens is 2. The Bertz CT molecular complexity index is 727. The molecule has 124 valence electrons. The third-order valence-electron chi connectivity index (χ3n) is 3.70. The molecule has 6 nitrogen and oxygen atoms in total. The van der Waals surface area contributed by atoms with Crippen LogP contribution in [-0.2, 0) is 4.74 Å². The molecular formula is C18H20N4O2. The summed E-state index contributed by atoms with van der Waals surface area (Å²) in [6, 6.07) is 13.3. The van der Waals surface area contributed by atoms with Gasteiger partial charge in [-0.05, 0) is 32.0 Å². The Morgan fingerprint density at radius 1 is 1.33 bits per heavy atom. The van der Waals surface area contributed by atoms with Crippen molar-refractivity contribution in [3.8, 4) is 11.8 Å². The second-order valence-electron chi connectivity index (χ2n) is 6.36. The maximum atomic E-state index is 9.02. The van der Waals surface area contributed by atoms with Gasteiger partial charge >= 0.3 is 0 Å². The van der Waals surface area contributed by atoms with Gasteiger partial charge in [0.1, 0.15) is 30.2 Å². The number of para-hydroxylation sites is 1. The molecule has 0 radical (unpaired) electrons. The molecule has 1 aliphatic heterocycles. The number of nitrogens with zero attached hydrogens (tertiary/aromatic N) is 4. The highest BCUT2D eigenvalue weighted by Gasteiger charge is 2.35. The molecule has 0 amide bonds. The van der Waals surface area contributed by atoms with Crippen LogP contribution in [-0.4, -0.2) is 41.4 Å². The lowest BCUT2D eigenvalue weighted by molar-refractivity contribution is -0.0973. The van der Waals surface area contributed by atoms with Crippen molar-refractivity contribution in [3.63, 3.8) is 0 Å². The highest BCUT2D eigenvalue weighted by atomic mass is 16.5. The predicted octanol–water partition coefficient (Wildman–Crippen LogP) is 2.41. The standard InChI is InChI=1S/C18H20N4O2/c1-18(2)13-22(17-20-9-8-14(10-19)21-17)11-16(24-18)12-23-15-6-4-3-5-7-15/h3-9,16H,11-13H2,1-2H3/t16-/m0/s1. The maximum Gasteiger partial charge on any atom is 0.226 e. The van der Waals surface area contributed by atoms with Crippen molar-refractivity contribution in [1.82, 2.24) is 9.97 Å². The molecule has 1 atom stereocenters. The van der Waals surface area contributed by atoms with Crippen LogP contribution in [0.3, 0.4) is 0 Å². The molecule has 6 heteroatoms. The van der Waals surface area contributed by atoms with Gasteiger partial charge in [-0.1, -0.05) is 18.2 Å². The monoisotopic (exact) mass is 324 g/mol. The lowest BCUT2D eigenvalue weighted by Gasteiger charge is -2.42. The Hall–Kier alpha value is -2.65. The first-order chi connectivity index (χ1) is 11.6. The van der Waals surface area contributed by atoms with Gasteiger partial charge in [-0.15, -0.1) is 0 Å². The van der Waals surface area contributed by atoms with E-state index in [1.54, 1.807) is 12.3 Å². The summed E-state index contributed by atoms with van der Waals surface area (Å²) in [6.07, 6.45) is 1.50. The number of nitriles is 1. The van der Waals surface area contributed by atoms with Gasteiger partial charge in [0.15, 0.2) is 0 Å². The molecule has 2 heterocycles. The van der Waals surface area contributed by atoms with Crippen LogP contribution in [0.4, 0.5) is 5.95 Å². The molecule has 1 aromatic heterocycles. The first-order valence-corrected chi connectivity index (χ1v) is 7.89. The Balaban J connectivity index is 1.71. The summed E-state index contributed by atoms with van der Waals surface area (Å²) in [6.45, 7) is 5.78. The topological polar surface area (TPSA) is 71.3 Å².